The van der Waals surface area contributed by atoms with E-state index in [2.05, 4.69) is 5.32 Å². The highest BCUT2D eigenvalue weighted by molar-refractivity contribution is 7.80. The van der Waals surface area contributed by atoms with Crippen LogP contribution in [0.4, 0.5) is 4.39 Å². The molecule has 17 heavy (non-hydrogen) atoms. The first-order valence-electron chi connectivity index (χ1n) is 5.88. The molecule has 0 bridgehead atoms. The predicted octanol–water partition coefficient (Wildman–Crippen LogP) is 2.81. The lowest BCUT2D eigenvalue weighted by Crippen LogP contribution is -2.33. The van der Waals surface area contributed by atoms with Gasteiger partial charge in [-0.25, -0.2) is 4.39 Å². The molecule has 4 heteroatoms. The molecule has 1 fully saturated rings. The molecule has 1 aliphatic carbocycles. The van der Waals surface area contributed by atoms with Gasteiger partial charge in [-0.05, 0) is 48.7 Å². The molecular weight excluding hydrogens is 235 g/mol. The quantitative estimate of drug-likeness (QED) is 0.809. The molecule has 1 aromatic rings. The Balaban J connectivity index is 2.16. The molecule has 0 spiro atoms. The summed E-state index contributed by atoms with van der Waals surface area (Å²) in [6, 6.07) is 5.35. The van der Waals surface area contributed by atoms with Crippen molar-refractivity contribution in [2.45, 2.75) is 32.2 Å². The second kappa shape index (κ2) is 5.00. The maximum absolute atomic E-state index is 13.5. The largest absolute Gasteiger partial charge is 0.376 e. The number of thiocarbonyl (C=S) groups is 1. The molecule has 2 rings (SSSR count). The summed E-state index contributed by atoms with van der Waals surface area (Å²) in [5.41, 5.74) is 7.11. The number of hydrogen-bond acceptors (Lipinski definition) is 1. The van der Waals surface area contributed by atoms with Gasteiger partial charge in [0, 0.05) is 0 Å². The first-order valence-corrected chi connectivity index (χ1v) is 6.29. The second-order valence-corrected chi connectivity index (χ2v) is 5.19. The van der Waals surface area contributed by atoms with Crippen LogP contribution >= 0.6 is 12.2 Å². The van der Waals surface area contributed by atoms with Gasteiger partial charge in [0.1, 0.15) is 5.82 Å². The minimum absolute atomic E-state index is 0.0371. The molecule has 0 aliphatic heterocycles. The van der Waals surface area contributed by atoms with Crippen molar-refractivity contribution in [1.82, 2.24) is 5.32 Å². The van der Waals surface area contributed by atoms with Gasteiger partial charge in [-0.2, -0.15) is 0 Å². The lowest BCUT2D eigenvalue weighted by Gasteiger charge is -2.19. The average Bonchev–Trinajstić information content (AvgIpc) is 3.04. The van der Waals surface area contributed by atoms with E-state index < -0.39 is 0 Å². The Morgan fingerprint density at radius 2 is 2.29 bits per heavy atom. The van der Waals surface area contributed by atoms with E-state index in [9.17, 15) is 4.39 Å². The molecule has 1 saturated carbocycles. The highest BCUT2D eigenvalue weighted by atomic mass is 32.1. The number of nitrogens with two attached hydrogens (primary N) is 1. The molecule has 0 aromatic heterocycles. The van der Waals surface area contributed by atoms with Crippen LogP contribution < -0.4 is 11.1 Å². The van der Waals surface area contributed by atoms with Gasteiger partial charge in [0.15, 0.2) is 5.11 Å². The molecule has 0 radical (unpaired) electrons. The molecule has 0 amide bonds. The Morgan fingerprint density at radius 1 is 1.59 bits per heavy atom. The number of halogens is 1. The first-order chi connectivity index (χ1) is 8.06. The molecule has 1 aliphatic rings. The van der Waals surface area contributed by atoms with Gasteiger partial charge in [-0.1, -0.05) is 25.0 Å². The Kier molecular flexibility index (Phi) is 3.62. The van der Waals surface area contributed by atoms with Crippen molar-refractivity contribution in [1.29, 1.82) is 0 Å². The van der Waals surface area contributed by atoms with Gasteiger partial charge in [0.2, 0.25) is 0 Å². The third-order valence-corrected chi connectivity index (χ3v) is 3.30. The van der Waals surface area contributed by atoms with Crippen LogP contribution in [0.15, 0.2) is 18.2 Å². The molecule has 92 valence electrons. The Hall–Kier alpha value is -1.16. The summed E-state index contributed by atoms with van der Waals surface area (Å²) in [4.78, 5) is 0. The number of benzene rings is 1. The smallest absolute Gasteiger partial charge is 0.164 e. The molecule has 0 saturated heterocycles. The standard InChI is InChI=1S/C13H17FN2S/c1-8-2-5-10(7-11(8)14)12(16-13(15)17)6-9-3-4-9/h2,5,7,9,12H,3-4,6H2,1H3,(H3,15,16,17)/t12-/m0/s1. The molecule has 0 unspecified atom stereocenters. The van der Waals surface area contributed by atoms with E-state index in [4.69, 9.17) is 18.0 Å². The van der Waals surface area contributed by atoms with Crippen LogP contribution in [0.5, 0.6) is 0 Å². The number of rotatable bonds is 4. The molecular formula is C13H17FN2S. The van der Waals surface area contributed by atoms with Crippen LogP contribution in [-0.4, -0.2) is 5.11 Å². The highest BCUT2D eigenvalue weighted by Gasteiger charge is 2.26. The predicted molar refractivity (Wildman–Crippen MR) is 71.1 cm³/mol. The van der Waals surface area contributed by atoms with Crippen molar-refractivity contribution < 1.29 is 4.39 Å². The Morgan fingerprint density at radius 3 is 2.82 bits per heavy atom. The summed E-state index contributed by atoms with van der Waals surface area (Å²) in [6.07, 6.45) is 3.48. The normalized spacial score (nSPS) is 16.6. The van der Waals surface area contributed by atoms with Crippen molar-refractivity contribution in [2.24, 2.45) is 11.7 Å². The minimum atomic E-state index is -0.173. The lowest BCUT2D eigenvalue weighted by atomic mass is 10.00. The molecule has 1 atom stereocenters. The Labute approximate surface area is 106 Å². The lowest BCUT2D eigenvalue weighted by molar-refractivity contribution is 0.542. The van der Waals surface area contributed by atoms with Gasteiger partial charge in [-0.3, -0.25) is 0 Å². The van der Waals surface area contributed by atoms with Gasteiger partial charge in [-0.15, -0.1) is 0 Å². The fourth-order valence-corrected chi connectivity index (χ4v) is 2.11. The van der Waals surface area contributed by atoms with Crippen LogP contribution in [-0.2, 0) is 0 Å². The SMILES string of the molecule is Cc1ccc([C@H](CC2CC2)NC(N)=S)cc1F. The van der Waals surface area contributed by atoms with E-state index in [-0.39, 0.29) is 17.0 Å². The molecule has 1 aromatic carbocycles. The third-order valence-electron chi connectivity index (χ3n) is 3.18. The zero-order valence-electron chi connectivity index (χ0n) is 9.87. The summed E-state index contributed by atoms with van der Waals surface area (Å²) >= 11 is 4.88. The summed E-state index contributed by atoms with van der Waals surface area (Å²) < 4.78 is 13.5. The fraction of sp³-hybridized carbons (Fsp3) is 0.462. The van der Waals surface area contributed by atoms with E-state index in [1.807, 2.05) is 6.07 Å². The van der Waals surface area contributed by atoms with Crippen LogP contribution in [0.3, 0.4) is 0 Å². The van der Waals surface area contributed by atoms with Gasteiger partial charge in [0.25, 0.3) is 0 Å². The zero-order valence-corrected chi connectivity index (χ0v) is 10.7. The fourth-order valence-electron chi connectivity index (χ4n) is 1.96. The van der Waals surface area contributed by atoms with Crippen molar-refractivity contribution in [3.8, 4) is 0 Å². The molecule has 3 N–H and O–H groups in total. The van der Waals surface area contributed by atoms with Crippen molar-refractivity contribution in [3.63, 3.8) is 0 Å². The monoisotopic (exact) mass is 252 g/mol. The van der Waals surface area contributed by atoms with Crippen molar-refractivity contribution >= 4 is 17.3 Å². The number of aryl methyl sites for hydroxylation is 1. The van der Waals surface area contributed by atoms with E-state index in [1.165, 1.54) is 12.8 Å². The van der Waals surface area contributed by atoms with Crippen LogP contribution in [0.2, 0.25) is 0 Å². The second-order valence-electron chi connectivity index (χ2n) is 4.75. The van der Waals surface area contributed by atoms with E-state index >= 15 is 0 Å². The maximum Gasteiger partial charge on any atom is 0.164 e. The minimum Gasteiger partial charge on any atom is -0.376 e. The topological polar surface area (TPSA) is 38.0 Å². The van der Waals surface area contributed by atoms with Gasteiger partial charge < -0.3 is 11.1 Å². The van der Waals surface area contributed by atoms with E-state index in [1.54, 1.807) is 19.1 Å². The highest BCUT2D eigenvalue weighted by Crippen LogP contribution is 2.37. The van der Waals surface area contributed by atoms with Crippen molar-refractivity contribution in [2.75, 3.05) is 0 Å². The van der Waals surface area contributed by atoms with E-state index in [0.29, 0.717) is 5.56 Å². The van der Waals surface area contributed by atoms with Gasteiger partial charge >= 0.3 is 0 Å². The molecule has 2 nitrogen and oxygen atoms in total. The molecule has 0 heterocycles. The van der Waals surface area contributed by atoms with E-state index in [0.717, 1.165) is 17.9 Å². The van der Waals surface area contributed by atoms with Crippen LogP contribution in [0.1, 0.15) is 36.4 Å². The number of nitrogens with one attached hydrogen (secondary N) is 1. The van der Waals surface area contributed by atoms with Crippen molar-refractivity contribution in [3.05, 3.63) is 35.1 Å². The summed E-state index contributed by atoms with van der Waals surface area (Å²) in [5, 5.41) is 3.33. The first kappa shape index (κ1) is 12.3. The summed E-state index contributed by atoms with van der Waals surface area (Å²) in [5.74, 6) is 0.555. The third kappa shape index (κ3) is 3.40. The van der Waals surface area contributed by atoms with Crippen LogP contribution in [0.25, 0.3) is 0 Å². The number of hydrogen-bond donors (Lipinski definition) is 2. The maximum atomic E-state index is 13.5. The van der Waals surface area contributed by atoms with Gasteiger partial charge in [0.05, 0.1) is 6.04 Å². The summed E-state index contributed by atoms with van der Waals surface area (Å²) in [6.45, 7) is 1.76. The Bertz CT molecular complexity index is 429. The van der Waals surface area contributed by atoms with Crippen LogP contribution in [0, 0.1) is 18.7 Å². The zero-order chi connectivity index (χ0) is 12.4. The average molecular weight is 252 g/mol. The summed E-state index contributed by atoms with van der Waals surface area (Å²) in [7, 11) is 0.